The molecule has 0 saturated carbocycles. The Balaban J connectivity index is 1.88. The zero-order valence-corrected chi connectivity index (χ0v) is 14.6. The average molecular weight is 363 g/mol. The van der Waals surface area contributed by atoms with Crippen LogP contribution in [0.5, 0.6) is 5.75 Å². The molecule has 0 bridgehead atoms. The topological polar surface area (TPSA) is 124 Å². The van der Waals surface area contributed by atoms with Gasteiger partial charge in [-0.2, -0.15) is 4.98 Å². The van der Waals surface area contributed by atoms with Crippen LogP contribution in [0, 0.1) is 0 Å². The molecule has 9 heteroatoms. The van der Waals surface area contributed by atoms with Crippen molar-refractivity contribution >= 4 is 11.9 Å². The largest absolute Gasteiger partial charge is 0.497 e. The molecule has 140 valence electrons. The number of carboxylic acid groups (broad SMARTS) is 1. The zero-order valence-electron chi connectivity index (χ0n) is 14.6. The van der Waals surface area contributed by atoms with Crippen molar-refractivity contribution in [3.63, 3.8) is 0 Å². The number of aromatic nitrogens is 2. The number of nitrogens with zero attached hydrogens (tertiary/aromatic N) is 2. The van der Waals surface area contributed by atoms with Crippen LogP contribution in [0.15, 0.2) is 28.8 Å². The summed E-state index contributed by atoms with van der Waals surface area (Å²) in [5.74, 6) is -0.0791. The fraction of sp³-hybridized carbons (Fsp3) is 0.412. The normalized spacial score (nSPS) is 11.8. The Bertz CT molecular complexity index is 728. The van der Waals surface area contributed by atoms with Crippen LogP contribution in [0.4, 0.5) is 0 Å². The molecule has 0 spiro atoms. The Morgan fingerprint density at radius 1 is 1.27 bits per heavy atom. The number of benzene rings is 1. The van der Waals surface area contributed by atoms with E-state index in [9.17, 15) is 9.59 Å². The third-order valence-corrected chi connectivity index (χ3v) is 3.63. The quantitative estimate of drug-likeness (QED) is 0.647. The fourth-order valence-electron chi connectivity index (χ4n) is 2.19. The second-order valence-corrected chi connectivity index (χ2v) is 5.48. The third-order valence-electron chi connectivity index (χ3n) is 3.63. The van der Waals surface area contributed by atoms with Crippen LogP contribution < -0.4 is 10.1 Å². The maximum atomic E-state index is 11.9. The predicted molar refractivity (Wildman–Crippen MR) is 90.7 cm³/mol. The highest BCUT2D eigenvalue weighted by Crippen LogP contribution is 2.19. The standard InChI is InChI=1S/C17H21N3O6/c1-24-10-9-13(17(22)23)18-14(21)7-8-15-19-16(20-26-15)11-3-5-12(25-2)6-4-11/h3-6,13H,7-10H2,1-2H3,(H,18,21)(H,22,23). The summed E-state index contributed by atoms with van der Waals surface area (Å²) in [7, 11) is 3.05. The number of aryl methyl sites for hydroxylation is 1. The number of rotatable bonds is 10. The molecule has 0 aliphatic rings. The molecular formula is C17H21N3O6. The molecule has 0 fully saturated rings. The van der Waals surface area contributed by atoms with Gasteiger partial charge in [0.15, 0.2) is 0 Å². The summed E-state index contributed by atoms with van der Waals surface area (Å²) in [5, 5.41) is 15.4. The lowest BCUT2D eigenvalue weighted by atomic mass is 10.2. The minimum atomic E-state index is -1.10. The summed E-state index contributed by atoms with van der Waals surface area (Å²) < 4.78 is 15.1. The van der Waals surface area contributed by atoms with Gasteiger partial charge in [0.2, 0.25) is 17.6 Å². The van der Waals surface area contributed by atoms with Crippen molar-refractivity contribution in [2.75, 3.05) is 20.8 Å². The number of hydrogen-bond acceptors (Lipinski definition) is 7. The van der Waals surface area contributed by atoms with Crippen LogP contribution in [0.2, 0.25) is 0 Å². The lowest BCUT2D eigenvalue weighted by Gasteiger charge is -2.13. The molecule has 1 unspecified atom stereocenters. The Labute approximate surface area is 150 Å². The van der Waals surface area contributed by atoms with Crippen molar-refractivity contribution in [1.82, 2.24) is 15.5 Å². The molecule has 0 aliphatic carbocycles. The van der Waals surface area contributed by atoms with Crippen LogP contribution in [0.25, 0.3) is 11.4 Å². The van der Waals surface area contributed by atoms with E-state index in [4.69, 9.17) is 19.1 Å². The van der Waals surface area contributed by atoms with Gasteiger partial charge in [-0.3, -0.25) is 4.79 Å². The Morgan fingerprint density at radius 2 is 2.00 bits per heavy atom. The molecule has 1 aromatic heterocycles. The van der Waals surface area contributed by atoms with Crippen LogP contribution >= 0.6 is 0 Å². The van der Waals surface area contributed by atoms with Crippen LogP contribution in [0.3, 0.4) is 0 Å². The molecule has 1 aromatic carbocycles. The van der Waals surface area contributed by atoms with Gasteiger partial charge in [0.05, 0.1) is 7.11 Å². The van der Waals surface area contributed by atoms with E-state index in [-0.39, 0.29) is 25.9 Å². The SMILES string of the molecule is COCCC(NC(=O)CCc1nc(-c2ccc(OC)cc2)no1)C(=O)O. The van der Waals surface area contributed by atoms with E-state index in [1.54, 1.807) is 31.4 Å². The molecule has 0 aliphatic heterocycles. The molecular weight excluding hydrogens is 342 g/mol. The van der Waals surface area contributed by atoms with Gasteiger partial charge >= 0.3 is 5.97 Å². The monoisotopic (exact) mass is 363 g/mol. The van der Waals surface area contributed by atoms with Crippen LogP contribution in [-0.4, -0.2) is 54.0 Å². The summed E-state index contributed by atoms with van der Waals surface area (Å²) in [6.07, 6.45) is 0.451. The third kappa shape index (κ3) is 5.55. The van der Waals surface area contributed by atoms with Crippen molar-refractivity contribution in [1.29, 1.82) is 0 Å². The van der Waals surface area contributed by atoms with E-state index < -0.39 is 17.9 Å². The number of carboxylic acids is 1. The van der Waals surface area contributed by atoms with Gasteiger partial charge in [-0.05, 0) is 24.3 Å². The molecule has 1 amide bonds. The van der Waals surface area contributed by atoms with E-state index in [0.29, 0.717) is 11.7 Å². The first-order chi connectivity index (χ1) is 12.5. The highest BCUT2D eigenvalue weighted by Gasteiger charge is 2.20. The van der Waals surface area contributed by atoms with Crippen molar-refractivity contribution in [3.05, 3.63) is 30.2 Å². The predicted octanol–water partition coefficient (Wildman–Crippen LogP) is 1.28. The highest BCUT2D eigenvalue weighted by atomic mass is 16.5. The number of aliphatic carboxylic acids is 1. The van der Waals surface area contributed by atoms with Crippen LogP contribution in [-0.2, 0) is 20.7 Å². The summed E-state index contributed by atoms with van der Waals surface area (Å²) in [4.78, 5) is 27.3. The van der Waals surface area contributed by atoms with E-state index in [2.05, 4.69) is 15.5 Å². The first-order valence-electron chi connectivity index (χ1n) is 8.01. The lowest BCUT2D eigenvalue weighted by Crippen LogP contribution is -2.41. The number of carbonyl (C=O) groups excluding carboxylic acids is 1. The van der Waals surface area contributed by atoms with Gasteiger partial charge in [0, 0.05) is 38.5 Å². The Morgan fingerprint density at radius 3 is 2.62 bits per heavy atom. The molecule has 26 heavy (non-hydrogen) atoms. The van der Waals surface area contributed by atoms with E-state index in [1.807, 2.05) is 0 Å². The van der Waals surface area contributed by atoms with Crippen molar-refractivity contribution < 1.29 is 28.7 Å². The maximum Gasteiger partial charge on any atom is 0.326 e. The van der Waals surface area contributed by atoms with Gasteiger partial charge in [-0.15, -0.1) is 0 Å². The molecule has 2 rings (SSSR count). The molecule has 2 N–H and O–H groups in total. The van der Waals surface area contributed by atoms with Crippen LogP contribution in [0.1, 0.15) is 18.7 Å². The molecule has 9 nitrogen and oxygen atoms in total. The molecule has 0 radical (unpaired) electrons. The number of methoxy groups -OCH3 is 2. The number of nitrogens with one attached hydrogen (secondary N) is 1. The summed E-state index contributed by atoms with van der Waals surface area (Å²) in [5.41, 5.74) is 0.760. The Kier molecular flexibility index (Phi) is 7.10. The first-order valence-corrected chi connectivity index (χ1v) is 8.01. The van der Waals surface area contributed by atoms with Crippen molar-refractivity contribution in [2.45, 2.75) is 25.3 Å². The second kappa shape index (κ2) is 9.52. The molecule has 2 aromatic rings. The minimum absolute atomic E-state index is 0.0427. The summed E-state index contributed by atoms with van der Waals surface area (Å²) in [6.45, 7) is 0.242. The fourth-order valence-corrected chi connectivity index (χ4v) is 2.19. The van der Waals surface area contributed by atoms with Crippen molar-refractivity contribution in [2.24, 2.45) is 0 Å². The lowest BCUT2D eigenvalue weighted by molar-refractivity contribution is -0.142. The first kappa shape index (κ1) is 19.4. The van der Waals surface area contributed by atoms with E-state index >= 15 is 0 Å². The van der Waals surface area contributed by atoms with Crippen molar-refractivity contribution in [3.8, 4) is 17.1 Å². The number of ether oxygens (including phenoxy) is 2. The number of carbonyl (C=O) groups is 2. The molecule has 1 heterocycles. The van der Waals surface area contributed by atoms with Gasteiger partial charge in [-0.1, -0.05) is 5.16 Å². The number of hydrogen-bond donors (Lipinski definition) is 2. The minimum Gasteiger partial charge on any atom is -0.497 e. The second-order valence-electron chi connectivity index (χ2n) is 5.48. The zero-order chi connectivity index (χ0) is 18.9. The summed E-state index contributed by atoms with van der Waals surface area (Å²) in [6, 6.07) is 6.18. The van der Waals surface area contributed by atoms with Gasteiger partial charge in [0.1, 0.15) is 11.8 Å². The molecule has 0 saturated heterocycles. The molecule has 1 atom stereocenters. The highest BCUT2D eigenvalue weighted by molar-refractivity contribution is 5.83. The van der Waals surface area contributed by atoms with Gasteiger partial charge in [-0.25, -0.2) is 4.79 Å². The Hall–Kier alpha value is -2.94. The van der Waals surface area contributed by atoms with Gasteiger partial charge < -0.3 is 24.4 Å². The van der Waals surface area contributed by atoms with E-state index in [0.717, 1.165) is 11.3 Å². The average Bonchev–Trinajstić information content (AvgIpc) is 3.12. The maximum absolute atomic E-state index is 11.9. The van der Waals surface area contributed by atoms with E-state index in [1.165, 1.54) is 7.11 Å². The smallest absolute Gasteiger partial charge is 0.326 e. The summed E-state index contributed by atoms with van der Waals surface area (Å²) >= 11 is 0. The van der Waals surface area contributed by atoms with Gasteiger partial charge in [0.25, 0.3) is 0 Å². The number of amides is 1.